The molecule has 0 saturated carbocycles. The van der Waals surface area contributed by atoms with Crippen LogP contribution in [0.1, 0.15) is 33.1 Å². The molecule has 0 radical (unpaired) electrons. The van der Waals surface area contributed by atoms with Crippen molar-refractivity contribution in [3.63, 3.8) is 0 Å². The third kappa shape index (κ3) is 3.27. The zero-order valence-corrected chi connectivity index (χ0v) is 13.9. The third-order valence-electron chi connectivity index (χ3n) is 4.99. The monoisotopic (exact) mass is 301 g/mol. The fourth-order valence-corrected chi connectivity index (χ4v) is 3.39. The fourth-order valence-electron chi connectivity index (χ4n) is 3.39. The zero-order valence-electron chi connectivity index (χ0n) is 13.9. The number of nitrogens with one attached hydrogen (secondary N) is 1. The largest absolute Gasteiger partial charge is 0.322 e. The molecule has 2 aliphatic heterocycles. The van der Waals surface area contributed by atoms with Crippen molar-refractivity contribution in [1.82, 2.24) is 15.1 Å². The molecular weight excluding hydrogens is 274 g/mol. The first kappa shape index (κ1) is 15.3. The predicted molar refractivity (Wildman–Crippen MR) is 89.5 cm³/mol. The Morgan fingerprint density at radius 3 is 2.55 bits per heavy atom. The molecule has 1 fully saturated rings. The standard InChI is InChI=1S/C18H27N3O/c1-18(2)9-4-14-6-13-21(15-7-11-20(3)12-8-15)17(22)19-16(14)5-10-18/h4-5,9-10,15H,6-8,11-13H2,1-3H3,(H,19,22). The van der Waals surface area contributed by atoms with Gasteiger partial charge in [0.15, 0.2) is 0 Å². The first-order valence-corrected chi connectivity index (χ1v) is 8.32. The molecule has 0 bridgehead atoms. The second-order valence-electron chi connectivity index (χ2n) is 7.33. The first-order valence-electron chi connectivity index (χ1n) is 8.32. The molecule has 3 rings (SSSR count). The van der Waals surface area contributed by atoms with Crippen LogP contribution in [0.15, 0.2) is 35.6 Å². The molecule has 4 nitrogen and oxygen atoms in total. The summed E-state index contributed by atoms with van der Waals surface area (Å²) < 4.78 is 0. The molecule has 2 amide bonds. The summed E-state index contributed by atoms with van der Waals surface area (Å²) >= 11 is 0. The second kappa shape index (κ2) is 5.92. The lowest BCUT2D eigenvalue weighted by Gasteiger charge is -2.36. The van der Waals surface area contributed by atoms with Crippen LogP contribution in [0.2, 0.25) is 0 Å². The Balaban J connectivity index is 1.73. The highest BCUT2D eigenvalue weighted by atomic mass is 16.2. The van der Waals surface area contributed by atoms with Gasteiger partial charge in [-0.2, -0.15) is 0 Å². The van der Waals surface area contributed by atoms with Crippen molar-refractivity contribution in [2.75, 3.05) is 26.7 Å². The summed E-state index contributed by atoms with van der Waals surface area (Å²) in [6, 6.07) is 0.446. The number of carbonyl (C=O) groups excluding carboxylic acids is 1. The molecule has 0 spiro atoms. The molecule has 4 heteroatoms. The maximum atomic E-state index is 12.6. The number of hydrogen-bond donors (Lipinski definition) is 1. The molecule has 0 unspecified atom stereocenters. The summed E-state index contributed by atoms with van der Waals surface area (Å²) in [5.41, 5.74) is 2.26. The van der Waals surface area contributed by atoms with E-state index >= 15 is 0 Å². The Bertz CT molecular complexity index is 537. The minimum atomic E-state index is 0.0462. The number of allylic oxidation sites excluding steroid dienone is 4. The molecule has 0 atom stereocenters. The van der Waals surface area contributed by atoms with E-state index in [0.29, 0.717) is 6.04 Å². The maximum absolute atomic E-state index is 12.6. The lowest BCUT2D eigenvalue weighted by atomic mass is 9.93. The number of amides is 2. The molecule has 0 aromatic carbocycles. The van der Waals surface area contributed by atoms with E-state index in [1.54, 1.807) is 0 Å². The summed E-state index contributed by atoms with van der Waals surface area (Å²) in [6.45, 7) is 7.33. The highest BCUT2D eigenvalue weighted by Gasteiger charge is 2.29. The zero-order chi connectivity index (χ0) is 15.7. The first-order chi connectivity index (χ1) is 10.4. The van der Waals surface area contributed by atoms with Crippen molar-refractivity contribution in [3.05, 3.63) is 35.6 Å². The van der Waals surface area contributed by atoms with Gasteiger partial charge >= 0.3 is 6.03 Å². The van der Waals surface area contributed by atoms with Crippen LogP contribution in [0, 0.1) is 5.41 Å². The lowest BCUT2D eigenvalue weighted by Crippen LogP contribution is -2.49. The minimum absolute atomic E-state index is 0.0462. The van der Waals surface area contributed by atoms with E-state index in [0.717, 1.165) is 44.6 Å². The Hall–Kier alpha value is -1.55. The molecule has 1 saturated heterocycles. The van der Waals surface area contributed by atoms with Crippen molar-refractivity contribution in [3.8, 4) is 0 Å². The number of urea groups is 1. The van der Waals surface area contributed by atoms with E-state index in [-0.39, 0.29) is 11.4 Å². The summed E-state index contributed by atoms with van der Waals surface area (Å²) in [6.07, 6.45) is 11.7. The van der Waals surface area contributed by atoms with Crippen molar-refractivity contribution in [1.29, 1.82) is 0 Å². The van der Waals surface area contributed by atoms with Gasteiger partial charge in [-0.1, -0.05) is 32.1 Å². The normalized spacial score (nSPS) is 26.5. The third-order valence-corrected chi connectivity index (χ3v) is 4.99. The van der Waals surface area contributed by atoms with Gasteiger partial charge in [0.25, 0.3) is 0 Å². The molecule has 0 aromatic rings. The van der Waals surface area contributed by atoms with Crippen LogP contribution in [0.4, 0.5) is 4.79 Å². The van der Waals surface area contributed by atoms with Crippen molar-refractivity contribution >= 4 is 6.03 Å². The topological polar surface area (TPSA) is 35.6 Å². The molecule has 0 aromatic heterocycles. The summed E-state index contributed by atoms with van der Waals surface area (Å²) in [5, 5.41) is 3.13. The van der Waals surface area contributed by atoms with Crippen molar-refractivity contribution in [2.24, 2.45) is 5.41 Å². The maximum Gasteiger partial charge on any atom is 0.322 e. The van der Waals surface area contributed by atoms with Crippen LogP contribution < -0.4 is 5.32 Å². The number of rotatable bonds is 1. The smallest absolute Gasteiger partial charge is 0.321 e. The van der Waals surface area contributed by atoms with E-state index in [1.165, 1.54) is 5.57 Å². The van der Waals surface area contributed by atoms with Crippen LogP contribution in [-0.2, 0) is 0 Å². The predicted octanol–water partition coefficient (Wildman–Crippen LogP) is 2.90. The Kier molecular flexibility index (Phi) is 4.13. The van der Waals surface area contributed by atoms with Gasteiger partial charge in [0, 0.05) is 23.7 Å². The molecular formula is C18H27N3O. The molecule has 2 heterocycles. The van der Waals surface area contributed by atoms with Gasteiger partial charge in [-0.15, -0.1) is 0 Å². The molecule has 3 aliphatic rings. The van der Waals surface area contributed by atoms with E-state index < -0.39 is 0 Å². The average Bonchev–Trinajstić information content (AvgIpc) is 2.71. The van der Waals surface area contributed by atoms with Gasteiger partial charge in [-0.05, 0) is 51.0 Å². The van der Waals surface area contributed by atoms with Gasteiger partial charge in [0.2, 0.25) is 0 Å². The summed E-state index contributed by atoms with van der Waals surface area (Å²) in [7, 11) is 2.15. The van der Waals surface area contributed by atoms with E-state index in [2.05, 4.69) is 60.3 Å². The van der Waals surface area contributed by atoms with Gasteiger partial charge in [0.05, 0.1) is 0 Å². The van der Waals surface area contributed by atoms with Crippen LogP contribution >= 0.6 is 0 Å². The number of piperidine rings is 1. The molecule has 22 heavy (non-hydrogen) atoms. The van der Waals surface area contributed by atoms with Crippen LogP contribution in [0.3, 0.4) is 0 Å². The Labute approximate surface area is 133 Å². The van der Waals surface area contributed by atoms with E-state index in [1.807, 2.05) is 0 Å². The van der Waals surface area contributed by atoms with Crippen molar-refractivity contribution < 1.29 is 4.79 Å². The van der Waals surface area contributed by atoms with E-state index in [9.17, 15) is 4.79 Å². The quantitative estimate of drug-likeness (QED) is 0.808. The van der Waals surface area contributed by atoms with Crippen LogP contribution in [-0.4, -0.2) is 48.6 Å². The van der Waals surface area contributed by atoms with Crippen LogP contribution in [0.25, 0.3) is 0 Å². The number of nitrogens with zero attached hydrogens (tertiary/aromatic N) is 2. The number of carbonyl (C=O) groups is 1. The molecule has 1 N–H and O–H groups in total. The highest BCUT2D eigenvalue weighted by molar-refractivity contribution is 5.78. The molecule has 120 valence electrons. The Morgan fingerprint density at radius 2 is 1.82 bits per heavy atom. The fraction of sp³-hybridized carbons (Fsp3) is 0.611. The van der Waals surface area contributed by atoms with Gasteiger partial charge in [-0.25, -0.2) is 4.79 Å². The highest BCUT2D eigenvalue weighted by Crippen LogP contribution is 2.28. The number of hydrogen-bond acceptors (Lipinski definition) is 2. The number of likely N-dealkylation sites (tertiary alicyclic amines) is 1. The lowest BCUT2D eigenvalue weighted by molar-refractivity contribution is 0.135. The van der Waals surface area contributed by atoms with Crippen LogP contribution in [0.5, 0.6) is 0 Å². The Morgan fingerprint density at radius 1 is 1.14 bits per heavy atom. The van der Waals surface area contributed by atoms with Gasteiger partial charge in [0.1, 0.15) is 0 Å². The summed E-state index contributed by atoms with van der Waals surface area (Å²) in [5.74, 6) is 0. The van der Waals surface area contributed by atoms with Gasteiger partial charge in [-0.3, -0.25) is 0 Å². The van der Waals surface area contributed by atoms with E-state index in [4.69, 9.17) is 0 Å². The molecule has 1 aliphatic carbocycles. The second-order valence-corrected chi connectivity index (χ2v) is 7.33. The van der Waals surface area contributed by atoms with Crippen molar-refractivity contribution in [2.45, 2.75) is 39.2 Å². The summed E-state index contributed by atoms with van der Waals surface area (Å²) in [4.78, 5) is 17.0. The average molecular weight is 301 g/mol. The van der Waals surface area contributed by atoms with Gasteiger partial charge < -0.3 is 15.1 Å². The SMILES string of the molecule is CN1CCC(N2CCC3=C(C=CC(C)(C)C=C3)NC2=O)CC1. The minimum Gasteiger partial charge on any atom is -0.321 e.